The number of nitrogens with one attached hydrogen (secondary N) is 2. The molecule has 138 valence electrons. The van der Waals surface area contributed by atoms with E-state index in [1.165, 1.54) is 6.33 Å². The van der Waals surface area contributed by atoms with E-state index in [-0.39, 0.29) is 11.6 Å². The lowest BCUT2D eigenvalue weighted by Crippen LogP contribution is -2.16. The molecule has 1 heterocycles. The lowest BCUT2D eigenvalue weighted by Gasteiger charge is -2.13. The number of amides is 1. The Balaban J connectivity index is 1.80. The summed E-state index contributed by atoms with van der Waals surface area (Å²) in [4.78, 5) is 20.9. The van der Waals surface area contributed by atoms with Crippen molar-refractivity contribution in [2.75, 3.05) is 17.7 Å². The fourth-order valence-corrected chi connectivity index (χ4v) is 2.95. The van der Waals surface area contributed by atoms with Gasteiger partial charge in [0.2, 0.25) is 0 Å². The minimum absolute atomic E-state index is 0.277. The first-order valence-electron chi connectivity index (χ1n) is 8.58. The molecule has 0 spiro atoms. The van der Waals surface area contributed by atoms with E-state index < -0.39 is 0 Å². The maximum absolute atomic E-state index is 12.7. The molecule has 6 nitrogen and oxygen atoms in total. The number of carbonyl (C=O) groups excluding carboxylic acids is 1. The van der Waals surface area contributed by atoms with Crippen LogP contribution >= 0.6 is 0 Å². The minimum atomic E-state index is -0.277. The van der Waals surface area contributed by atoms with Crippen LogP contribution in [0.3, 0.4) is 0 Å². The molecule has 0 atom stereocenters. The summed E-state index contributed by atoms with van der Waals surface area (Å²) >= 11 is 0. The summed E-state index contributed by atoms with van der Waals surface area (Å²) in [6.07, 6.45) is 1.37. The lowest BCUT2D eigenvalue weighted by molar-refractivity contribution is 0.102. The van der Waals surface area contributed by atoms with Gasteiger partial charge in [-0.3, -0.25) is 4.79 Å². The number of aryl methyl sites for hydroxylation is 3. The normalized spacial score (nSPS) is 10.4. The summed E-state index contributed by atoms with van der Waals surface area (Å²) in [6, 6.07) is 13.2. The van der Waals surface area contributed by atoms with Gasteiger partial charge in [0.25, 0.3) is 5.91 Å². The molecular formula is C21H22N4O2. The van der Waals surface area contributed by atoms with Crippen molar-refractivity contribution in [1.82, 2.24) is 9.97 Å². The fourth-order valence-electron chi connectivity index (χ4n) is 2.95. The number of hydrogen-bond acceptors (Lipinski definition) is 5. The standard InChI is InChI=1S/C21H22N4O2/c1-13-8-14(2)20(15(3)9-13)25-21(26)18-11-19(23-12-22-18)24-16-6-5-7-17(10-16)27-4/h5-12H,1-4H3,(H,25,26)(H,22,23,24). The van der Waals surface area contributed by atoms with Crippen molar-refractivity contribution in [3.05, 3.63) is 71.2 Å². The third-order valence-electron chi connectivity index (χ3n) is 4.16. The van der Waals surface area contributed by atoms with Crippen molar-refractivity contribution < 1.29 is 9.53 Å². The van der Waals surface area contributed by atoms with E-state index in [1.54, 1.807) is 13.2 Å². The highest BCUT2D eigenvalue weighted by Gasteiger charge is 2.13. The largest absolute Gasteiger partial charge is 0.497 e. The van der Waals surface area contributed by atoms with Crippen LogP contribution in [-0.2, 0) is 0 Å². The van der Waals surface area contributed by atoms with Gasteiger partial charge in [0.1, 0.15) is 23.6 Å². The zero-order valence-corrected chi connectivity index (χ0v) is 15.8. The highest BCUT2D eigenvalue weighted by atomic mass is 16.5. The molecule has 0 radical (unpaired) electrons. The molecule has 2 aromatic carbocycles. The first-order chi connectivity index (χ1) is 13.0. The average molecular weight is 362 g/mol. The molecule has 0 fully saturated rings. The van der Waals surface area contributed by atoms with Gasteiger partial charge < -0.3 is 15.4 Å². The Kier molecular flexibility index (Phi) is 5.35. The molecule has 6 heteroatoms. The highest BCUT2D eigenvalue weighted by Crippen LogP contribution is 2.23. The highest BCUT2D eigenvalue weighted by molar-refractivity contribution is 6.04. The third kappa shape index (κ3) is 4.41. The molecule has 1 aromatic heterocycles. The Hall–Kier alpha value is -3.41. The predicted molar refractivity (Wildman–Crippen MR) is 107 cm³/mol. The summed E-state index contributed by atoms with van der Waals surface area (Å²) in [7, 11) is 1.61. The fraction of sp³-hybridized carbons (Fsp3) is 0.190. The number of nitrogens with zero attached hydrogens (tertiary/aromatic N) is 2. The van der Waals surface area contributed by atoms with Crippen molar-refractivity contribution >= 4 is 23.1 Å². The van der Waals surface area contributed by atoms with Gasteiger partial charge in [0.05, 0.1) is 7.11 Å². The first-order valence-corrected chi connectivity index (χ1v) is 8.58. The van der Waals surface area contributed by atoms with E-state index in [2.05, 4.69) is 20.6 Å². The van der Waals surface area contributed by atoms with E-state index in [0.717, 1.165) is 33.8 Å². The minimum Gasteiger partial charge on any atom is -0.497 e. The predicted octanol–water partition coefficient (Wildman–Crippen LogP) is 4.41. The van der Waals surface area contributed by atoms with Crippen LogP contribution in [0.2, 0.25) is 0 Å². The zero-order chi connectivity index (χ0) is 19.4. The molecule has 0 saturated heterocycles. The Bertz CT molecular complexity index is 962. The number of methoxy groups -OCH3 is 1. The summed E-state index contributed by atoms with van der Waals surface area (Å²) < 4.78 is 5.21. The van der Waals surface area contributed by atoms with Crippen LogP contribution in [0.25, 0.3) is 0 Å². The summed E-state index contributed by atoms with van der Waals surface area (Å²) in [5.74, 6) is 0.985. The topological polar surface area (TPSA) is 76.1 Å². The van der Waals surface area contributed by atoms with Crippen molar-refractivity contribution in [3.63, 3.8) is 0 Å². The van der Waals surface area contributed by atoms with Crippen molar-refractivity contribution in [1.29, 1.82) is 0 Å². The quantitative estimate of drug-likeness (QED) is 0.703. The number of rotatable bonds is 5. The van der Waals surface area contributed by atoms with Gasteiger partial charge in [-0.2, -0.15) is 0 Å². The summed E-state index contributed by atoms with van der Waals surface area (Å²) in [5.41, 5.74) is 5.11. The monoisotopic (exact) mass is 362 g/mol. The SMILES string of the molecule is COc1cccc(Nc2cc(C(=O)Nc3c(C)cc(C)cc3C)ncn2)c1. The van der Waals surface area contributed by atoms with Gasteiger partial charge in [-0.25, -0.2) is 9.97 Å². The van der Waals surface area contributed by atoms with E-state index >= 15 is 0 Å². The third-order valence-corrected chi connectivity index (χ3v) is 4.16. The van der Waals surface area contributed by atoms with Gasteiger partial charge in [-0.1, -0.05) is 23.8 Å². The molecule has 0 bridgehead atoms. The molecule has 0 unspecified atom stereocenters. The lowest BCUT2D eigenvalue weighted by atomic mass is 10.0. The maximum Gasteiger partial charge on any atom is 0.274 e. The van der Waals surface area contributed by atoms with E-state index in [1.807, 2.05) is 57.2 Å². The first kappa shape index (κ1) is 18.4. The molecular weight excluding hydrogens is 340 g/mol. The van der Waals surface area contributed by atoms with Crippen LogP contribution in [0, 0.1) is 20.8 Å². The van der Waals surface area contributed by atoms with Crippen molar-refractivity contribution in [2.45, 2.75) is 20.8 Å². The Morgan fingerprint density at radius 1 is 1.00 bits per heavy atom. The van der Waals surface area contributed by atoms with Crippen molar-refractivity contribution in [3.8, 4) is 5.75 Å². The summed E-state index contributed by atoms with van der Waals surface area (Å²) in [6.45, 7) is 5.99. The van der Waals surface area contributed by atoms with Crippen LogP contribution in [0.1, 0.15) is 27.2 Å². The van der Waals surface area contributed by atoms with E-state index in [0.29, 0.717) is 5.82 Å². The van der Waals surface area contributed by atoms with E-state index in [9.17, 15) is 4.79 Å². The van der Waals surface area contributed by atoms with Crippen LogP contribution in [0.5, 0.6) is 5.75 Å². The number of anilines is 3. The second-order valence-corrected chi connectivity index (χ2v) is 6.37. The number of ether oxygens (including phenoxy) is 1. The average Bonchev–Trinajstić information content (AvgIpc) is 2.65. The van der Waals surface area contributed by atoms with Gasteiger partial charge in [0.15, 0.2) is 0 Å². The molecule has 0 aliphatic rings. The second kappa shape index (κ2) is 7.86. The van der Waals surface area contributed by atoms with Gasteiger partial charge in [-0.15, -0.1) is 0 Å². The number of carbonyl (C=O) groups is 1. The molecule has 27 heavy (non-hydrogen) atoms. The Morgan fingerprint density at radius 2 is 1.74 bits per heavy atom. The molecule has 0 aliphatic carbocycles. The van der Waals surface area contributed by atoms with Gasteiger partial charge in [0, 0.05) is 23.5 Å². The zero-order valence-electron chi connectivity index (χ0n) is 15.8. The van der Waals surface area contributed by atoms with Gasteiger partial charge >= 0.3 is 0 Å². The Labute approximate surface area is 158 Å². The Morgan fingerprint density at radius 3 is 2.44 bits per heavy atom. The number of aromatic nitrogens is 2. The van der Waals surface area contributed by atoms with Crippen LogP contribution in [0.15, 0.2) is 48.8 Å². The van der Waals surface area contributed by atoms with Crippen molar-refractivity contribution in [2.24, 2.45) is 0 Å². The molecule has 0 saturated carbocycles. The molecule has 3 rings (SSSR count). The van der Waals surface area contributed by atoms with E-state index in [4.69, 9.17) is 4.74 Å². The van der Waals surface area contributed by atoms with Crippen LogP contribution in [0.4, 0.5) is 17.2 Å². The summed E-state index contributed by atoms with van der Waals surface area (Å²) in [5, 5.41) is 6.11. The smallest absolute Gasteiger partial charge is 0.274 e. The maximum atomic E-state index is 12.7. The number of benzene rings is 2. The van der Waals surface area contributed by atoms with Gasteiger partial charge in [-0.05, 0) is 44.0 Å². The molecule has 1 amide bonds. The van der Waals surface area contributed by atoms with Crippen LogP contribution < -0.4 is 15.4 Å². The molecule has 2 N–H and O–H groups in total. The van der Waals surface area contributed by atoms with Crippen LogP contribution in [-0.4, -0.2) is 23.0 Å². The molecule has 3 aromatic rings. The number of hydrogen-bond donors (Lipinski definition) is 2. The second-order valence-electron chi connectivity index (χ2n) is 6.37. The molecule has 0 aliphatic heterocycles.